The molecule has 3 nitrogen and oxygen atoms in total. The number of amidine groups is 1. The van der Waals surface area contributed by atoms with E-state index in [0.29, 0.717) is 13.5 Å². The van der Waals surface area contributed by atoms with Crippen molar-refractivity contribution in [3.8, 4) is 11.1 Å². The molecule has 3 aromatic rings. The van der Waals surface area contributed by atoms with Crippen LogP contribution in [0.2, 0.25) is 0 Å². The fourth-order valence-corrected chi connectivity index (χ4v) is 3.09. The normalized spacial score (nSPS) is 14.3. The maximum absolute atomic E-state index is 5.64. The standard InChI is InChI=1S/C22H20N2O/c1-17-11-13-18(14-12-17)20-9-5-6-10-21(20)24-16-25-15-23-22(24)19-7-3-2-4-8-19/h2-14H,15-16H2,1H3. The van der Waals surface area contributed by atoms with Crippen LogP contribution in [0.4, 0.5) is 5.69 Å². The molecule has 1 heterocycles. The highest BCUT2D eigenvalue weighted by Crippen LogP contribution is 2.32. The summed E-state index contributed by atoms with van der Waals surface area (Å²) in [6.07, 6.45) is 0. The van der Waals surface area contributed by atoms with Crippen LogP contribution in [0.15, 0.2) is 83.9 Å². The van der Waals surface area contributed by atoms with Gasteiger partial charge in [0.25, 0.3) is 0 Å². The summed E-state index contributed by atoms with van der Waals surface area (Å²) in [7, 11) is 0. The Balaban J connectivity index is 1.80. The maximum atomic E-state index is 5.64. The minimum atomic E-state index is 0.396. The predicted octanol–water partition coefficient (Wildman–Crippen LogP) is 4.86. The van der Waals surface area contributed by atoms with Gasteiger partial charge in [-0.2, -0.15) is 0 Å². The Hall–Kier alpha value is -2.91. The minimum Gasteiger partial charge on any atom is -0.339 e. The van der Waals surface area contributed by atoms with E-state index in [4.69, 9.17) is 4.74 Å². The molecule has 0 aliphatic carbocycles. The van der Waals surface area contributed by atoms with Gasteiger partial charge in [0.2, 0.25) is 0 Å². The van der Waals surface area contributed by atoms with Crippen molar-refractivity contribution in [3.05, 3.63) is 90.0 Å². The van der Waals surface area contributed by atoms with Gasteiger partial charge in [-0.3, -0.25) is 0 Å². The van der Waals surface area contributed by atoms with Gasteiger partial charge in [-0.15, -0.1) is 0 Å². The first-order valence-corrected chi connectivity index (χ1v) is 8.44. The van der Waals surface area contributed by atoms with Crippen molar-refractivity contribution in [2.75, 3.05) is 18.4 Å². The number of nitrogens with zero attached hydrogens (tertiary/aromatic N) is 2. The monoisotopic (exact) mass is 328 g/mol. The molecule has 0 atom stereocenters. The van der Waals surface area contributed by atoms with Gasteiger partial charge in [-0.1, -0.05) is 78.4 Å². The number of para-hydroxylation sites is 1. The van der Waals surface area contributed by atoms with Gasteiger partial charge in [-0.05, 0) is 18.6 Å². The van der Waals surface area contributed by atoms with Gasteiger partial charge in [0.1, 0.15) is 19.3 Å². The molecule has 1 aliphatic heterocycles. The number of aliphatic imine (C=N–C) groups is 1. The summed E-state index contributed by atoms with van der Waals surface area (Å²) >= 11 is 0. The summed E-state index contributed by atoms with van der Waals surface area (Å²) < 4.78 is 5.64. The molecule has 0 amide bonds. The number of hydrogen-bond donors (Lipinski definition) is 0. The lowest BCUT2D eigenvalue weighted by molar-refractivity contribution is 0.141. The van der Waals surface area contributed by atoms with E-state index in [0.717, 1.165) is 17.1 Å². The molecule has 0 saturated carbocycles. The van der Waals surface area contributed by atoms with Crippen molar-refractivity contribution in [1.29, 1.82) is 0 Å². The first kappa shape index (κ1) is 15.6. The molecule has 0 radical (unpaired) electrons. The van der Waals surface area contributed by atoms with Gasteiger partial charge in [0.15, 0.2) is 0 Å². The summed E-state index contributed by atoms with van der Waals surface area (Å²) in [5.74, 6) is 0.950. The number of aryl methyl sites for hydroxylation is 1. The molecule has 0 spiro atoms. The van der Waals surface area contributed by atoms with E-state index >= 15 is 0 Å². The van der Waals surface area contributed by atoms with E-state index in [-0.39, 0.29) is 0 Å². The van der Waals surface area contributed by atoms with E-state index in [1.165, 1.54) is 16.7 Å². The molecular weight excluding hydrogens is 308 g/mol. The SMILES string of the molecule is Cc1ccc(-c2ccccc2N2COCN=C2c2ccccc2)cc1. The third kappa shape index (κ3) is 3.19. The van der Waals surface area contributed by atoms with E-state index in [1.807, 2.05) is 18.2 Å². The number of anilines is 1. The lowest BCUT2D eigenvalue weighted by Gasteiger charge is -2.31. The van der Waals surface area contributed by atoms with Crippen LogP contribution < -0.4 is 4.90 Å². The zero-order valence-electron chi connectivity index (χ0n) is 14.2. The molecular formula is C22H20N2O. The van der Waals surface area contributed by atoms with E-state index in [2.05, 4.69) is 77.5 Å². The third-order valence-corrected chi connectivity index (χ3v) is 4.37. The molecule has 3 aromatic carbocycles. The van der Waals surface area contributed by atoms with Crippen molar-refractivity contribution >= 4 is 11.5 Å². The zero-order chi connectivity index (χ0) is 17.1. The lowest BCUT2D eigenvalue weighted by atomic mass is 10.0. The summed E-state index contributed by atoms with van der Waals surface area (Å²) in [6, 6.07) is 27.3. The number of rotatable bonds is 3. The fraction of sp³-hybridized carbons (Fsp3) is 0.136. The van der Waals surface area contributed by atoms with Crippen LogP contribution >= 0.6 is 0 Å². The second kappa shape index (κ2) is 6.91. The summed E-state index contributed by atoms with van der Waals surface area (Å²) in [4.78, 5) is 6.77. The largest absolute Gasteiger partial charge is 0.339 e. The maximum Gasteiger partial charge on any atom is 0.142 e. The van der Waals surface area contributed by atoms with Crippen LogP contribution in [0.3, 0.4) is 0 Å². The quantitative estimate of drug-likeness (QED) is 0.686. The Labute approximate surface area is 148 Å². The van der Waals surface area contributed by atoms with E-state index < -0.39 is 0 Å². The topological polar surface area (TPSA) is 24.8 Å². The minimum absolute atomic E-state index is 0.396. The summed E-state index contributed by atoms with van der Waals surface area (Å²) in [6.45, 7) is 3.00. The first-order valence-electron chi connectivity index (χ1n) is 8.44. The Morgan fingerprint density at radius 3 is 2.32 bits per heavy atom. The number of hydrogen-bond acceptors (Lipinski definition) is 3. The fourth-order valence-electron chi connectivity index (χ4n) is 3.09. The molecule has 0 N–H and O–H groups in total. The highest BCUT2D eigenvalue weighted by molar-refractivity contribution is 6.11. The third-order valence-electron chi connectivity index (χ3n) is 4.37. The van der Waals surface area contributed by atoms with Gasteiger partial charge < -0.3 is 9.64 Å². The number of ether oxygens (including phenoxy) is 1. The van der Waals surface area contributed by atoms with Gasteiger partial charge >= 0.3 is 0 Å². The summed E-state index contributed by atoms with van der Waals surface area (Å²) in [5.41, 5.74) is 5.84. The highest BCUT2D eigenvalue weighted by Gasteiger charge is 2.21. The van der Waals surface area contributed by atoms with Crippen molar-refractivity contribution in [2.45, 2.75) is 6.92 Å². The van der Waals surface area contributed by atoms with E-state index in [1.54, 1.807) is 0 Å². The first-order chi connectivity index (χ1) is 12.3. The Kier molecular flexibility index (Phi) is 4.32. The van der Waals surface area contributed by atoms with Gasteiger partial charge in [0.05, 0.1) is 5.69 Å². The van der Waals surface area contributed by atoms with Crippen molar-refractivity contribution in [2.24, 2.45) is 4.99 Å². The molecule has 1 aliphatic rings. The molecule has 0 bridgehead atoms. The van der Waals surface area contributed by atoms with Crippen LogP contribution in [-0.2, 0) is 4.74 Å². The number of benzene rings is 3. The molecule has 25 heavy (non-hydrogen) atoms. The Morgan fingerprint density at radius 1 is 0.800 bits per heavy atom. The molecule has 0 unspecified atom stereocenters. The average Bonchev–Trinajstić information content (AvgIpc) is 2.69. The molecule has 4 rings (SSSR count). The lowest BCUT2D eigenvalue weighted by Crippen LogP contribution is -2.38. The van der Waals surface area contributed by atoms with Crippen LogP contribution in [0.1, 0.15) is 11.1 Å². The van der Waals surface area contributed by atoms with Crippen molar-refractivity contribution in [3.63, 3.8) is 0 Å². The van der Waals surface area contributed by atoms with E-state index in [9.17, 15) is 0 Å². The van der Waals surface area contributed by atoms with Crippen LogP contribution in [-0.4, -0.2) is 19.3 Å². The van der Waals surface area contributed by atoms with Crippen LogP contribution in [0.25, 0.3) is 11.1 Å². The summed E-state index contributed by atoms with van der Waals surface area (Å²) in [5, 5.41) is 0. The second-order valence-corrected chi connectivity index (χ2v) is 6.12. The van der Waals surface area contributed by atoms with Crippen molar-refractivity contribution in [1.82, 2.24) is 0 Å². The van der Waals surface area contributed by atoms with Crippen LogP contribution in [0, 0.1) is 6.92 Å². The molecule has 124 valence electrons. The molecule has 0 saturated heterocycles. The van der Waals surface area contributed by atoms with Gasteiger partial charge in [-0.25, -0.2) is 4.99 Å². The van der Waals surface area contributed by atoms with Crippen molar-refractivity contribution < 1.29 is 4.74 Å². The predicted molar refractivity (Wildman–Crippen MR) is 103 cm³/mol. The Morgan fingerprint density at radius 2 is 1.52 bits per heavy atom. The second-order valence-electron chi connectivity index (χ2n) is 6.12. The molecule has 0 fully saturated rings. The smallest absolute Gasteiger partial charge is 0.142 e. The average molecular weight is 328 g/mol. The molecule has 3 heteroatoms. The van der Waals surface area contributed by atoms with Gasteiger partial charge in [0, 0.05) is 11.1 Å². The highest BCUT2D eigenvalue weighted by atomic mass is 16.5. The zero-order valence-corrected chi connectivity index (χ0v) is 14.2. The molecule has 0 aromatic heterocycles. The Bertz CT molecular complexity index is 885. The van der Waals surface area contributed by atoms with Crippen LogP contribution in [0.5, 0.6) is 0 Å².